The van der Waals surface area contributed by atoms with Crippen LogP contribution in [-0.2, 0) is 0 Å². The summed E-state index contributed by atoms with van der Waals surface area (Å²) in [5.74, 6) is 0.277. The van der Waals surface area contributed by atoms with Crippen LogP contribution in [0.1, 0.15) is 28.9 Å². The van der Waals surface area contributed by atoms with E-state index in [2.05, 4.69) is 4.98 Å². The van der Waals surface area contributed by atoms with E-state index < -0.39 is 0 Å². The van der Waals surface area contributed by atoms with Gasteiger partial charge in [-0.05, 0) is 12.8 Å². The molecule has 1 aliphatic rings. The van der Waals surface area contributed by atoms with E-state index in [1.807, 2.05) is 6.07 Å². The zero-order valence-electron chi connectivity index (χ0n) is 9.80. The van der Waals surface area contributed by atoms with E-state index >= 15 is 0 Å². The summed E-state index contributed by atoms with van der Waals surface area (Å²) in [7, 11) is 3.25. The standard InChI is InChI=1S/C12H13N3O2/c1-15(2)12(16)11-8(6-13)5-10(7-14-11)17-9-3-4-9/h5,7,9H,3-4H2,1-2H3. The number of amides is 1. The van der Waals surface area contributed by atoms with Crippen LogP contribution in [0.15, 0.2) is 12.3 Å². The van der Waals surface area contributed by atoms with Gasteiger partial charge in [-0.25, -0.2) is 4.98 Å². The second-order valence-corrected chi connectivity index (χ2v) is 4.20. The summed E-state index contributed by atoms with van der Waals surface area (Å²) in [6, 6.07) is 3.55. The monoisotopic (exact) mass is 231 g/mol. The summed E-state index contributed by atoms with van der Waals surface area (Å²) in [5.41, 5.74) is 0.419. The lowest BCUT2D eigenvalue weighted by Gasteiger charge is -2.11. The van der Waals surface area contributed by atoms with Gasteiger partial charge in [-0.3, -0.25) is 4.79 Å². The van der Waals surface area contributed by atoms with Gasteiger partial charge < -0.3 is 9.64 Å². The van der Waals surface area contributed by atoms with Crippen LogP contribution in [-0.4, -0.2) is 36.0 Å². The van der Waals surface area contributed by atoms with Crippen molar-refractivity contribution in [2.75, 3.05) is 14.1 Å². The number of ether oxygens (including phenoxy) is 1. The number of hydrogen-bond donors (Lipinski definition) is 0. The maximum absolute atomic E-state index is 11.7. The largest absolute Gasteiger partial charge is 0.489 e. The molecule has 1 saturated carbocycles. The number of nitrogens with zero attached hydrogens (tertiary/aromatic N) is 3. The van der Waals surface area contributed by atoms with E-state index in [-0.39, 0.29) is 23.3 Å². The van der Waals surface area contributed by atoms with Crippen LogP contribution in [0.4, 0.5) is 0 Å². The first-order valence-corrected chi connectivity index (χ1v) is 5.40. The quantitative estimate of drug-likeness (QED) is 0.783. The maximum Gasteiger partial charge on any atom is 0.273 e. The molecule has 0 aromatic carbocycles. The van der Waals surface area contributed by atoms with E-state index in [9.17, 15) is 4.79 Å². The molecule has 1 aliphatic carbocycles. The molecule has 1 aromatic rings. The van der Waals surface area contributed by atoms with E-state index in [1.165, 1.54) is 11.1 Å². The summed E-state index contributed by atoms with van der Waals surface area (Å²) < 4.78 is 5.52. The van der Waals surface area contributed by atoms with Gasteiger partial charge >= 0.3 is 0 Å². The highest BCUT2D eigenvalue weighted by molar-refractivity contribution is 5.94. The molecule has 0 spiro atoms. The van der Waals surface area contributed by atoms with Crippen LogP contribution >= 0.6 is 0 Å². The van der Waals surface area contributed by atoms with Crippen molar-refractivity contribution in [1.29, 1.82) is 5.26 Å². The van der Waals surface area contributed by atoms with Gasteiger partial charge in [0.1, 0.15) is 17.5 Å². The highest BCUT2D eigenvalue weighted by Gasteiger charge is 2.24. The molecule has 5 nitrogen and oxygen atoms in total. The average Bonchev–Trinajstić information content (AvgIpc) is 3.11. The maximum atomic E-state index is 11.7. The predicted molar refractivity (Wildman–Crippen MR) is 60.6 cm³/mol. The Bertz CT molecular complexity index is 487. The molecule has 0 N–H and O–H groups in total. The second-order valence-electron chi connectivity index (χ2n) is 4.20. The molecule has 1 heterocycles. The Morgan fingerprint density at radius 2 is 2.29 bits per heavy atom. The lowest BCUT2D eigenvalue weighted by atomic mass is 10.2. The molecule has 0 atom stereocenters. The Kier molecular flexibility index (Phi) is 2.96. The summed E-state index contributed by atoms with van der Waals surface area (Å²) in [4.78, 5) is 17.1. The third kappa shape index (κ3) is 2.53. The second kappa shape index (κ2) is 4.42. The topological polar surface area (TPSA) is 66.2 Å². The minimum Gasteiger partial charge on any atom is -0.489 e. The van der Waals surface area contributed by atoms with Crippen molar-refractivity contribution in [3.8, 4) is 11.8 Å². The van der Waals surface area contributed by atoms with Crippen molar-refractivity contribution in [3.05, 3.63) is 23.5 Å². The predicted octanol–water partition coefficient (Wildman–Crippen LogP) is 1.20. The van der Waals surface area contributed by atoms with Crippen molar-refractivity contribution in [2.45, 2.75) is 18.9 Å². The van der Waals surface area contributed by atoms with Crippen molar-refractivity contribution in [2.24, 2.45) is 0 Å². The Labute approximate surface area is 99.6 Å². The van der Waals surface area contributed by atoms with Crippen LogP contribution in [0.3, 0.4) is 0 Å². The highest BCUT2D eigenvalue weighted by atomic mass is 16.5. The van der Waals surface area contributed by atoms with Crippen molar-refractivity contribution in [3.63, 3.8) is 0 Å². The summed E-state index contributed by atoms with van der Waals surface area (Å²) >= 11 is 0. The summed E-state index contributed by atoms with van der Waals surface area (Å²) in [5, 5.41) is 9.01. The molecule has 0 bridgehead atoms. The van der Waals surface area contributed by atoms with E-state index in [4.69, 9.17) is 10.00 Å². The SMILES string of the molecule is CN(C)C(=O)c1ncc(OC2CC2)cc1C#N. The molecular weight excluding hydrogens is 218 g/mol. The van der Waals surface area contributed by atoms with E-state index in [0.29, 0.717) is 5.75 Å². The number of aromatic nitrogens is 1. The van der Waals surface area contributed by atoms with Crippen LogP contribution in [0, 0.1) is 11.3 Å². The lowest BCUT2D eigenvalue weighted by molar-refractivity contribution is 0.0821. The van der Waals surface area contributed by atoms with Crippen LogP contribution in [0.5, 0.6) is 5.75 Å². The molecule has 0 radical (unpaired) electrons. The van der Waals surface area contributed by atoms with Gasteiger partial charge in [-0.2, -0.15) is 5.26 Å². The Balaban J connectivity index is 2.28. The molecule has 2 rings (SSSR count). The Morgan fingerprint density at radius 3 is 2.82 bits per heavy atom. The molecule has 5 heteroatoms. The first-order valence-electron chi connectivity index (χ1n) is 5.40. The minimum atomic E-state index is -0.278. The molecular formula is C12H13N3O2. The number of carbonyl (C=O) groups is 1. The molecule has 1 amide bonds. The van der Waals surface area contributed by atoms with Gasteiger partial charge in [0.15, 0.2) is 0 Å². The van der Waals surface area contributed by atoms with Crippen molar-refractivity contribution < 1.29 is 9.53 Å². The third-order valence-corrected chi connectivity index (χ3v) is 2.42. The molecule has 0 saturated heterocycles. The number of carbonyl (C=O) groups excluding carboxylic acids is 1. The zero-order chi connectivity index (χ0) is 12.4. The van der Waals surface area contributed by atoms with Crippen molar-refractivity contribution >= 4 is 5.91 Å². The van der Waals surface area contributed by atoms with Gasteiger partial charge in [-0.15, -0.1) is 0 Å². The third-order valence-electron chi connectivity index (χ3n) is 2.42. The summed E-state index contributed by atoms with van der Waals surface area (Å²) in [6.07, 6.45) is 3.83. The molecule has 1 fully saturated rings. The fourth-order valence-electron chi connectivity index (χ4n) is 1.36. The lowest BCUT2D eigenvalue weighted by Crippen LogP contribution is -2.23. The molecule has 17 heavy (non-hydrogen) atoms. The van der Waals surface area contributed by atoms with Gasteiger partial charge in [0.25, 0.3) is 5.91 Å². The van der Waals surface area contributed by atoms with Crippen LogP contribution < -0.4 is 4.74 Å². The fourth-order valence-corrected chi connectivity index (χ4v) is 1.36. The molecule has 1 aromatic heterocycles. The minimum absolute atomic E-state index is 0.167. The van der Waals surface area contributed by atoms with E-state index in [0.717, 1.165) is 12.8 Å². The number of rotatable bonds is 3. The Morgan fingerprint density at radius 1 is 1.59 bits per heavy atom. The van der Waals surface area contributed by atoms with Crippen molar-refractivity contribution in [1.82, 2.24) is 9.88 Å². The normalized spacial score (nSPS) is 13.9. The fraction of sp³-hybridized carbons (Fsp3) is 0.417. The number of nitriles is 1. The Hall–Kier alpha value is -2.09. The van der Waals surface area contributed by atoms with Gasteiger partial charge in [-0.1, -0.05) is 0 Å². The molecule has 0 aliphatic heterocycles. The first-order chi connectivity index (χ1) is 8.11. The van der Waals surface area contributed by atoms with Gasteiger partial charge in [0.05, 0.1) is 17.9 Å². The molecule has 0 unspecified atom stereocenters. The van der Waals surface area contributed by atoms with Crippen LogP contribution in [0.25, 0.3) is 0 Å². The number of pyridine rings is 1. The first kappa shape index (κ1) is 11.4. The van der Waals surface area contributed by atoms with E-state index in [1.54, 1.807) is 20.2 Å². The average molecular weight is 231 g/mol. The van der Waals surface area contributed by atoms with Crippen LogP contribution in [0.2, 0.25) is 0 Å². The smallest absolute Gasteiger partial charge is 0.273 e. The number of hydrogen-bond acceptors (Lipinski definition) is 4. The highest BCUT2D eigenvalue weighted by Crippen LogP contribution is 2.27. The van der Waals surface area contributed by atoms with Gasteiger partial charge in [0.2, 0.25) is 0 Å². The zero-order valence-corrected chi connectivity index (χ0v) is 9.80. The molecule has 88 valence electrons. The van der Waals surface area contributed by atoms with Gasteiger partial charge in [0, 0.05) is 20.2 Å². The summed E-state index contributed by atoms with van der Waals surface area (Å²) in [6.45, 7) is 0.